The number of fused-ring (bicyclic) bond motifs is 1. The molecular formula is C28H28FN5O3. The number of rotatable bonds is 10. The van der Waals surface area contributed by atoms with Crippen molar-refractivity contribution in [3.05, 3.63) is 72.3 Å². The molecule has 2 heterocycles. The first-order chi connectivity index (χ1) is 18.1. The van der Waals surface area contributed by atoms with Gasteiger partial charge in [-0.2, -0.15) is 0 Å². The Balaban J connectivity index is 1.64. The van der Waals surface area contributed by atoms with Crippen LogP contribution >= 0.6 is 0 Å². The van der Waals surface area contributed by atoms with E-state index in [1.807, 2.05) is 56.4 Å². The van der Waals surface area contributed by atoms with Gasteiger partial charge >= 0.3 is 0 Å². The van der Waals surface area contributed by atoms with Crippen LogP contribution in [0.25, 0.3) is 45.1 Å². The van der Waals surface area contributed by atoms with Gasteiger partial charge in [0.25, 0.3) is 0 Å². The van der Waals surface area contributed by atoms with Gasteiger partial charge in [-0.3, -0.25) is 0 Å². The summed E-state index contributed by atoms with van der Waals surface area (Å²) in [7, 11) is 3.39. The predicted octanol–water partition coefficient (Wildman–Crippen LogP) is 5.23. The number of halogens is 1. The molecule has 2 aromatic heterocycles. The Hall–Kier alpha value is -4.08. The van der Waals surface area contributed by atoms with Gasteiger partial charge in [-0.15, -0.1) is 10.2 Å². The first-order valence-corrected chi connectivity index (χ1v) is 12.1. The first-order valence-electron chi connectivity index (χ1n) is 12.1. The van der Waals surface area contributed by atoms with E-state index in [2.05, 4.69) is 15.5 Å². The second-order valence-corrected chi connectivity index (χ2v) is 8.52. The molecule has 0 fully saturated rings. The molecular weight excluding hydrogens is 473 g/mol. The molecule has 0 saturated heterocycles. The zero-order valence-electron chi connectivity index (χ0n) is 21.0. The number of nitrogens with zero attached hydrogens (tertiary/aromatic N) is 4. The van der Waals surface area contributed by atoms with E-state index in [1.165, 1.54) is 6.07 Å². The highest BCUT2D eigenvalue weighted by molar-refractivity contribution is 5.92. The lowest BCUT2D eigenvalue weighted by molar-refractivity contribution is 0.149. The fraction of sp³-hybridized carbons (Fsp3) is 0.250. The largest absolute Gasteiger partial charge is 0.493 e. The highest BCUT2D eigenvalue weighted by atomic mass is 19.1. The minimum Gasteiger partial charge on any atom is -0.493 e. The molecule has 190 valence electrons. The molecule has 0 aliphatic carbocycles. The molecule has 0 bridgehead atoms. The molecule has 37 heavy (non-hydrogen) atoms. The summed E-state index contributed by atoms with van der Waals surface area (Å²) < 4.78 is 34.5. The summed E-state index contributed by atoms with van der Waals surface area (Å²) in [6.45, 7) is 4.60. The summed E-state index contributed by atoms with van der Waals surface area (Å²) in [5.41, 5.74) is 4.46. The number of aryl methyl sites for hydroxylation is 1. The maximum atomic E-state index is 15.6. The van der Waals surface area contributed by atoms with Crippen LogP contribution in [-0.2, 0) is 18.3 Å². The molecule has 5 aromatic rings. The molecule has 3 aromatic carbocycles. The Labute approximate surface area is 214 Å². The minimum atomic E-state index is -0.471. The van der Waals surface area contributed by atoms with Gasteiger partial charge in [0, 0.05) is 32.3 Å². The number of methoxy groups -OCH3 is 1. The number of aromatic nitrogens is 4. The lowest BCUT2D eigenvalue weighted by Crippen LogP contribution is -2.19. The summed E-state index contributed by atoms with van der Waals surface area (Å²) in [6.07, 6.45) is 1.58. The van der Waals surface area contributed by atoms with E-state index in [1.54, 1.807) is 24.1 Å². The maximum absolute atomic E-state index is 15.6. The van der Waals surface area contributed by atoms with Gasteiger partial charge < -0.3 is 23.8 Å². The molecule has 0 atom stereocenters. The van der Waals surface area contributed by atoms with Crippen LogP contribution in [0.5, 0.6) is 5.75 Å². The van der Waals surface area contributed by atoms with Crippen molar-refractivity contribution in [2.24, 2.45) is 7.05 Å². The summed E-state index contributed by atoms with van der Waals surface area (Å²) in [5.74, 6) is 0.698. The van der Waals surface area contributed by atoms with Crippen molar-refractivity contribution in [2.75, 3.05) is 26.9 Å². The van der Waals surface area contributed by atoms with Crippen molar-refractivity contribution in [2.45, 2.75) is 13.5 Å². The second kappa shape index (κ2) is 10.9. The molecule has 5 rings (SSSR count). The second-order valence-electron chi connectivity index (χ2n) is 8.52. The third kappa shape index (κ3) is 4.96. The van der Waals surface area contributed by atoms with Crippen molar-refractivity contribution in [1.29, 1.82) is 0 Å². The van der Waals surface area contributed by atoms with E-state index in [0.717, 1.165) is 23.2 Å². The third-order valence-corrected chi connectivity index (χ3v) is 6.08. The SMILES string of the molecule is CCOCCNCc1cc(OC)c2oc(-c3c(F)ccc(-c4ccccc4)c3-c3nncn3C)nc2c1. The van der Waals surface area contributed by atoms with Crippen molar-refractivity contribution in [3.63, 3.8) is 0 Å². The Bertz CT molecular complexity index is 1510. The standard InChI is InChI=1S/C28H28FN5O3/c1-4-36-13-12-30-16-18-14-22-26(23(15-18)35-3)37-28(32-22)25-21(29)11-10-20(19-8-6-5-7-9-19)24(25)27-33-31-17-34(27)2/h5-11,14-15,17,30H,4,12-13,16H2,1-3H3. The zero-order valence-corrected chi connectivity index (χ0v) is 21.0. The fourth-order valence-corrected chi connectivity index (χ4v) is 4.33. The van der Waals surface area contributed by atoms with Crippen LogP contribution in [0, 0.1) is 5.82 Å². The summed E-state index contributed by atoms with van der Waals surface area (Å²) in [4.78, 5) is 4.71. The fourth-order valence-electron chi connectivity index (χ4n) is 4.33. The van der Waals surface area contributed by atoms with Gasteiger partial charge in [-0.25, -0.2) is 9.37 Å². The molecule has 9 heteroatoms. The van der Waals surface area contributed by atoms with Gasteiger partial charge in [0.1, 0.15) is 17.7 Å². The van der Waals surface area contributed by atoms with Gasteiger partial charge in [0.2, 0.25) is 5.89 Å². The van der Waals surface area contributed by atoms with E-state index < -0.39 is 5.82 Å². The molecule has 0 amide bonds. The lowest BCUT2D eigenvalue weighted by Gasteiger charge is -2.14. The van der Waals surface area contributed by atoms with Crippen molar-refractivity contribution in [3.8, 4) is 39.7 Å². The molecule has 0 aliphatic rings. The zero-order chi connectivity index (χ0) is 25.8. The number of oxazole rings is 1. The minimum absolute atomic E-state index is 0.142. The summed E-state index contributed by atoms with van der Waals surface area (Å²) in [5, 5.41) is 11.7. The van der Waals surface area contributed by atoms with Crippen LogP contribution in [-0.4, -0.2) is 46.6 Å². The average Bonchev–Trinajstić information content (AvgIpc) is 3.54. The van der Waals surface area contributed by atoms with E-state index in [9.17, 15) is 0 Å². The van der Waals surface area contributed by atoms with Crippen LogP contribution in [0.3, 0.4) is 0 Å². The quantitative estimate of drug-likeness (QED) is 0.262. The number of ether oxygens (including phenoxy) is 2. The predicted molar refractivity (Wildman–Crippen MR) is 140 cm³/mol. The maximum Gasteiger partial charge on any atom is 0.231 e. The van der Waals surface area contributed by atoms with Crippen molar-refractivity contribution in [1.82, 2.24) is 25.1 Å². The van der Waals surface area contributed by atoms with Crippen LogP contribution in [0.1, 0.15) is 12.5 Å². The molecule has 1 N–H and O–H groups in total. The topological polar surface area (TPSA) is 87.2 Å². The Kier molecular flexibility index (Phi) is 7.25. The van der Waals surface area contributed by atoms with Crippen molar-refractivity contribution < 1.29 is 18.3 Å². The Morgan fingerprint density at radius 3 is 2.65 bits per heavy atom. The molecule has 0 aliphatic heterocycles. The van der Waals surface area contributed by atoms with E-state index in [-0.39, 0.29) is 11.5 Å². The first kappa shape index (κ1) is 24.6. The molecule has 8 nitrogen and oxygen atoms in total. The average molecular weight is 502 g/mol. The van der Waals surface area contributed by atoms with Gasteiger partial charge in [0.05, 0.1) is 19.3 Å². The monoisotopic (exact) mass is 501 g/mol. The highest BCUT2D eigenvalue weighted by Crippen LogP contribution is 2.42. The number of nitrogens with one attached hydrogen (secondary N) is 1. The van der Waals surface area contributed by atoms with Gasteiger partial charge in [0.15, 0.2) is 17.2 Å². The van der Waals surface area contributed by atoms with Crippen LogP contribution in [0.15, 0.2) is 65.3 Å². The number of hydrogen-bond donors (Lipinski definition) is 1. The van der Waals surface area contributed by atoms with E-state index >= 15 is 4.39 Å². The molecule has 0 radical (unpaired) electrons. The van der Waals surface area contributed by atoms with E-state index in [0.29, 0.717) is 48.0 Å². The molecule has 0 saturated carbocycles. The molecule has 0 unspecified atom stereocenters. The molecule has 0 spiro atoms. The van der Waals surface area contributed by atoms with Crippen molar-refractivity contribution >= 4 is 11.1 Å². The number of hydrogen-bond acceptors (Lipinski definition) is 7. The van der Waals surface area contributed by atoms with Gasteiger partial charge in [-0.05, 0) is 41.8 Å². The number of benzene rings is 3. The highest BCUT2D eigenvalue weighted by Gasteiger charge is 2.26. The lowest BCUT2D eigenvalue weighted by atomic mass is 9.94. The van der Waals surface area contributed by atoms with Crippen LogP contribution in [0.4, 0.5) is 4.39 Å². The Morgan fingerprint density at radius 1 is 1.08 bits per heavy atom. The van der Waals surface area contributed by atoms with E-state index in [4.69, 9.17) is 18.9 Å². The van der Waals surface area contributed by atoms with Crippen LogP contribution < -0.4 is 10.1 Å². The third-order valence-electron chi connectivity index (χ3n) is 6.08. The van der Waals surface area contributed by atoms with Crippen LogP contribution in [0.2, 0.25) is 0 Å². The Morgan fingerprint density at radius 2 is 1.92 bits per heavy atom. The normalized spacial score (nSPS) is 11.4. The summed E-state index contributed by atoms with van der Waals surface area (Å²) >= 11 is 0. The smallest absolute Gasteiger partial charge is 0.231 e. The summed E-state index contributed by atoms with van der Waals surface area (Å²) in [6, 6.07) is 16.7. The van der Waals surface area contributed by atoms with Gasteiger partial charge in [-0.1, -0.05) is 36.4 Å².